The van der Waals surface area contributed by atoms with E-state index in [2.05, 4.69) is 31.5 Å². The van der Waals surface area contributed by atoms with E-state index in [4.69, 9.17) is 11.6 Å². The average molecular weight is 306 g/mol. The molecule has 2 aliphatic rings. The van der Waals surface area contributed by atoms with E-state index in [0.717, 1.165) is 5.82 Å². The van der Waals surface area contributed by atoms with E-state index in [0.29, 0.717) is 17.2 Å². The molecule has 0 radical (unpaired) electrons. The van der Waals surface area contributed by atoms with E-state index in [1.165, 1.54) is 31.4 Å². The van der Waals surface area contributed by atoms with Crippen LogP contribution in [0.5, 0.6) is 0 Å². The van der Waals surface area contributed by atoms with Gasteiger partial charge in [0, 0.05) is 23.9 Å². The van der Waals surface area contributed by atoms with Crippen LogP contribution in [0.1, 0.15) is 51.1 Å². The Hall–Kier alpha value is -1.62. The lowest BCUT2D eigenvalue weighted by molar-refractivity contribution is 0.233. The van der Waals surface area contributed by atoms with Crippen LogP contribution in [0.15, 0.2) is 18.3 Å². The minimum atomic E-state index is 0.232. The topological polar surface area (TPSA) is 66.5 Å². The van der Waals surface area contributed by atoms with Gasteiger partial charge in [-0.3, -0.25) is 5.10 Å². The molecule has 2 aromatic heterocycles. The molecule has 4 rings (SSSR count). The van der Waals surface area contributed by atoms with Gasteiger partial charge in [-0.2, -0.15) is 5.10 Å². The Labute approximate surface area is 129 Å². The van der Waals surface area contributed by atoms with Gasteiger partial charge in [0.2, 0.25) is 5.28 Å². The number of hydrogen-bond acceptors (Lipinski definition) is 4. The second-order valence-electron chi connectivity index (χ2n) is 5.65. The zero-order valence-electron chi connectivity index (χ0n) is 12.4. The van der Waals surface area contributed by atoms with Crippen LogP contribution in [0.3, 0.4) is 0 Å². The number of aromatic nitrogens is 4. The second kappa shape index (κ2) is 5.64. The third-order valence-electron chi connectivity index (χ3n) is 4.24. The molecule has 0 amide bonds. The summed E-state index contributed by atoms with van der Waals surface area (Å²) in [6, 6.07) is 3.83. The lowest BCUT2D eigenvalue weighted by atomic mass is 9.70. The fourth-order valence-electron chi connectivity index (χ4n) is 2.94. The molecule has 2 fully saturated rings. The summed E-state index contributed by atoms with van der Waals surface area (Å²) in [4.78, 5) is 7.93. The van der Waals surface area contributed by atoms with E-state index in [9.17, 15) is 0 Å². The number of rotatable bonds is 3. The molecule has 0 unspecified atom stereocenters. The van der Waals surface area contributed by atoms with E-state index in [1.807, 2.05) is 13.8 Å². The summed E-state index contributed by atoms with van der Waals surface area (Å²) in [5, 5.41) is 10.8. The summed E-state index contributed by atoms with van der Waals surface area (Å²) in [5.41, 5.74) is 1.93. The lowest BCUT2D eigenvalue weighted by Gasteiger charge is -2.34. The van der Waals surface area contributed by atoms with Gasteiger partial charge in [0.1, 0.15) is 5.82 Å². The van der Waals surface area contributed by atoms with Crippen LogP contribution < -0.4 is 5.32 Å². The first-order valence-electron chi connectivity index (χ1n) is 7.53. The van der Waals surface area contributed by atoms with Gasteiger partial charge >= 0.3 is 0 Å². The summed E-state index contributed by atoms with van der Waals surface area (Å²) in [7, 11) is 0. The van der Waals surface area contributed by atoms with E-state index in [-0.39, 0.29) is 5.28 Å². The SMILES string of the molecule is CC.Clc1nccc(Nc2cc(C3CC4(CC4)C3)[nH]n2)n1. The Kier molecular flexibility index (Phi) is 3.85. The molecular weight excluding hydrogens is 286 g/mol. The van der Waals surface area contributed by atoms with Crippen molar-refractivity contribution >= 4 is 23.2 Å². The zero-order chi connectivity index (χ0) is 14.9. The Bertz CT molecular complexity index is 612. The molecule has 0 saturated heterocycles. The van der Waals surface area contributed by atoms with Crippen molar-refractivity contribution in [1.29, 1.82) is 0 Å². The molecule has 0 atom stereocenters. The predicted octanol–water partition coefficient (Wildman–Crippen LogP) is 4.28. The quantitative estimate of drug-likeness (QED) is 0.831. The molecule has 2 aliphatic carbocycles. The van der Waals surface area contributed by atoms with Gasteiger partial charge in [-0.15, -0.1) is 0 Å². The number of aromatic amines is 1. The Morgan fingerprint density at radius 1 is 1.29 bits per heavy atom. The minimum Gasteiger partial charge on any atom is -0.323 e. The first kappa shape index (κ1) is 14.3. The third kappa shape index (κ3) is 3.02. The van der Waals surface area contributed by atoms with Gasteiger partial charge in [0.05, 0.1) is 0 Å². The predicted molar refractivity (Wildman–Crippen MR) is 83.9 cm³/mol. The molecule has 6 heteroatoms. The van der Waals surface area contributed by atoms with Crippen LogP contribution in [0.4, 0.5) is 11.6 Å². The molecule has 2 heterocycles. The molecular formula is C15H20ClN5. The van der Waals surface area contributed by atoms with Crippen molar-refractivity contribution in [2.24, 2.45) is 5.41 Å². The number of nitrogens with zero attached hydrogens (tertiary/aromatic N) is 3. The van der Waals surface area contributed by atoms with Gasteiger partial charge < -0.3 is 5.32 Å². The molecule has 112 valence electrons. The van der Waals surface area contributed by atoms with Crippen LogP contribution in [0.25, 0.3) is 0 Å². The van der Waals surface area contributed by atoms with E-state index >= 15 is 0 Å². The third-order valence-corrected chi connectivity index (χ3v) is 4.42. The molecule has 0 bridgehead atoms. The molecule has 21 heavy (non-hydrogen) atoms. The molecule has 2 saturated carbocycles. The number of H-pyrrole nitrogens is 1. The maximum Gasteiger partial charge on any atom is 0.224 e. The molecule has 2 aromatic rings. The number of halogens is 1. The van der Waals surface area contributed by atoms with Gasteiger partial charge in [0.25, 0.3) is 0 Å². The normalized spacial score (nSPS) is 18.6. The van der Waals surface area contributed by atoms with Crippen LogP contribution in [-0.4, -0.2) is 20.2 Å². The standard InChI is InChI=1S/C13H14ClN5.C2H6/c14-12-15-4-1-10(17-12)16-11-5-9(18-19-11)8-6-13(7-8)2-3-13;1-2/h1,4-5,8H,2-3,6-7H2,(H2,15,16,17,18,19);1-2H3. The van der Waals surface area contributed by atoms with Crippen molar-refractivity contribution in [3.8, 4) is 0 Å². The van der Waals surface area contributed by atoms with Crippen molar-refractivity contribution < 1.29 is 0 Å². The fraction of sp³-hybridized carbons (Fsp3) is 0.533. The maximum absolute atomic E-state index is 5.75. The van der Waals surface area contributed by atoms with E-state index < -0.39 is 0 Å². The zero-order valence-corrected chi connectivity index (χ0v) is 13.1. The smallest absolute Gasteiger partial charge is 0.224 e. The van der Waals surface area contributed by atoms with Crippen LogP contribution in [-0.2, 0) is 0 Å². The van der Waals surface area contributed by atoms with Crippen molar-refractivity contribution in [1.82, 2.24) is 20.2 Å². The lowest BCUT2D eigenvalue weighted by Crippen LogP contribution is -2.23. The summed E-state index contributed by atoms with van der Waals surface area (Å²) in [6.07, 6.45) is 7.08. The highest BCUT2D eigenvalue weighted by atomic mass is 35.5. The van der Waals surface area contributed by atoms with Crippen LogP contribution in [0, 0.1) is 5.41 Å². The van der Waals surface area contributed by atoms with Crippen molar-refractivity contribution in [2.75, 3.05) is 5.32 Å². The monoisotopic (exact) mass is 305 g/mol. The first-order valence-corrected chi connectivity index (χ1v) is 7.91. The number of hydrogen-bond donors (Lipinski definition) is 2. The van der Waals surface area contributed by atoms with E-state index in [1.54, 1.807) is 12.3 Å². The highest BCUT2D eigenvalue weighted by Crippen LogP contribution is 2.66. The largest absolute Gasteiger partial charge is 0.323 e. The molecule has 0 aliphatic heterocycles. The van der Waals surface area contributed by atoms with Crippen molar-refractivity contribution in [3.63, 3.8) is 0 Å². The summed E-state index contributed by atoms with van der Waals surface area (Å²) < 4.78 is 0. The molecule has 2 N–H and O–H groups in total. The number of nitrogens with one attached hydrogen (secondary N) is 2. The molecule has 0 aromatic carbocycles. The Morgan fingerprint density at radius 3 is 2.71 bits per heavy atom. The Morgan fingerprint density at radius 2 is 2.05 bits per heavy atom. The first-order chi connectivity index (χ1) is 10.2. The van der Waals surface area contributed by atoms with Gasteiger partial charge in [-0.05, 0) is 48.8 Å². The highest BCUT2D eigenvalue weighted by Gasteiger charge is 2.53. The minimum absolute atomic E-state index is 0.232. The number of anilines is 2. The second-order valence-corrected chi connectivity index (χ2v) is 5.99. The molecule has 1 spiro atoms. The maximum atomic E-state index is 5.75. The van der Waals surface area contributed by atoms with Crippen LogP contribution >= 0.6 is 11.6 Å². The van der Waals surface area contributed by atoms with Gasteiger partial charge in [-0.1, -0.05) is 13.8 Å². The summed E-state index contributed by atoms with van der Waals surface area (Å²) >= 11 is 5.75. The van der Waals surface area contributed by atoms with Crippen molar-refractivity contribution in [2.45, 2.75) is 45.4 Å². The fourth-order valence-corrected chi connectivity index (χ4v) is 3.08. The van der Waals surface area contributed by atoms with Gasteiger partial charge in [0.15, 0.2) is 5.82 Å². The summed E-state index contributed by atoms with van der Waals surface area (Å²) in [5.74, 6) is 2.09. The highest BCUT2D eigenvalue weighted by molar-refractivity contribution is 6.28. The van der Waals surface area contributed by atoms with Crippen molar-refractivity contribution in [3.05, 3.63) is 29.3 Å². The van der Waals surface area contributed by atoms with Crippen LogP contribution in [0.2, 0.25) is 5.28 Å². The summed E-state index contributed by atoms with van der Waals surface area (Å²) in [6.45, 7) is 4.00. The Balaban J connectivity index is 0.000000636. The van der Waals surface area contributed by atoms with Gasteiger partial charge in [-0.25, -0.2) is 9.97 Å². The average Bonchev–Trinajstić information content (AvgIpc) is 3.14. The molecule has 5 nitrogen and oxygen atoms in total.